The second kappa shape index (κ2) is 8.12. The van der Waals surface area contributed by atoms with Crippen molar-refractivity contribution in [2.45, 2.75) is 25.4 Å². The van der Waals surface area contributed by atoms with E-state index in [1.165, 1.54) is 19.3 Å². The molecule has 1 aliphatic heterocycles. The summed E-state index contributed by atoms with van der Waals surface area (Å²) in [5, 5.41) is 0. The summed E-state index contributed by atoms with van der Waals surface area (Å²) in [4.78, 5) is 2.28. The first-order chi connectivity index (χ1) is 9.78. The highest BCUT2D eigenvalue weighted by Gasteiger charge is 2.15. The van der Waals surface area contributed by atoms with E-state index >= 15 is 0 Å². The Balaban J connectivity index is 1.63. The molecule has 0 radical (unpaired) electrons. The van der Waals surface area contributed by atoms with E-state index in [0.717, 1.165) is 31.2 Å². The third kappa shape index (κ3) is 5.02. The number of ether oxygens (including phenoxy) is 3. The molecule has 1 saturated heterocycles. The van der Waals surface area contributed by atoms with Crippen LogP contribution in [-0.2, 0) is 4.74 Å². The summed E-state index contributed by atoms with van der Waals surface area (Å²) in [6, 6.07) is 7.69. The van der Waals surface area contributed by atoms with Gasteiger partial charge >= 0.3 is 0 Å². The molecule has 1 atom stereocenters. The summed E-state index contributed by atoms with van der Waals surface area (Å²) in [7, 11) is 3.79. The van der Waals surface area contributed by atoms with Crippen LogP contribution >= 0.6 is 0 Å². The van der Waals surface area contributed by atoms with Crippen LogP contribution in [0.2, 0.25) is 0 Å². The van der Waals surface area contributed by atoms with E-state index in [1.807, 2.05) is 24.3 Å². The molecule has 0 aromatic heterocycles. The van der Waals surface area contributed by atoms with Gasteiger partial charge in [-0.3, -0.25) is 0 Å². The van der Waals surface area contributed by atoms with Gasteiger partial charge in [0.2, 0.25) is 0 Å². The SMILES string of the molecule is COc1ccc(OCCN(C)C[C@@H]2CCCCO2)cc1. The van der Waals surface area contributed by atoms with E-state index in [0.29, 0.717) is 12.7 Å². The maximum atomic E-state index is 5.74. The number of benzene rings is 1. The van der Waals surface area contributed by atoms with Crippen molar-refractivity contribution in [1.29, 1.82) is 0 Å². The maximum absolute atomic E-state index is 5.74. The molecule has 4 heteroatoms. The number of hydrogen-bond donors (Lipinski definition) is 0. The van der Waals surface area contributed by atoms with Gasteiger partial charge in [-0.2, -0.15) is 0 Å². The lowest BCUT2D eigenvalue weighted by molar-refractivity contribution is -0.00282. The molecule has 112 valence electrons. The molecule has 1 aromatic carbocycles. The molecular weight excluding hydrogens is 254 g/mol. The fraction of sp³-hybridized carbons (Fsp3) is 0.625. The third-order valence-corrected chi connectivity index (χ3v) is 3.59. The van der Waals surface area contributed by atoms with Crippen LogP contribution in [0.1, 0.15) is 19.3 Å². The van der Waals surface area contributed by atoms with E-state index < -0.39 is 0 Å². The average Bonchev–Trinajstić information content (AvgIpc) is 2.49. The zero-order valence-corrected chi connectivity index (χ0v) is 12.5. The van der Waals surface area contributed by atoms with E-state index in [4.69, 9.17) is 14.2 Å². The van der Waals surface area contributed by atoms with Gasteiger partial charge in [-0.25, -0.2) is 0 Å². The van der Waals surface area contributed by atoms with Crippen molar-refractivity contribution in [3.8, 4) is 11.5 Å². The number of hydrogen-bond acceptors (Lipinski definition) is 4. The number of nitrogens with zero attached hydrogens (tertiary/aromatic N) is 1. The summed E-state index contributed by atoms with van der Waals surface area (Å²) in [6.45, 7) is 3.51. The Hall–Kier alpha value is -1.26. The van der Waals surface area contributed by atoms with Gasteiger partial charge in [-0.05, 0) is 50.6 Å². The summed E-state index contributed by atoms with van der Waals surface area (Å²) in [5.74, 6) is 1.73. The Labute approximate surface area is 121 Å². The number of likely N-dealkylation sites (N-methyl/N-ethyl adjacent to an activating group) is 1. The molecule has 0 N–H and O–H groups in total. The minimum atomic E-state index is 0.398. The lowest BCUT2D eigenvalue weighted by Crippen LogP contribution is -2.35. The molecule has 4 nitrogen and oxygen atoms in total. The monoisotopic (exact) mass is 279 g/mol. The molecule has 1 aliphatic rings. The predicted octanol–water partition coefficient (Wildman–Crippen LogP) is 2.57. The van der Waals surface area contributed by atoms with Crippen molar-refractivity contribution in [3.63, 3.8) is 0 Å². The van der Waals surface area contributed by atoms with Crippen molar-refractivity contribution < 1.29 is 14.2 Å². The minimum Gasteiger partial charge on any atom is -0.497 e. The van der Waals surface area contributed by atoms with Gasteiger partial charge in [0.25, 0.3) is 0 Å². The fourth-order valence-electron chi connectivity index (χ4n) is 2.38. The van der Waals surface area contributed by atoms with Crippen LogP contribution in [0.3, 0.4) is 0 Å². The molecule has 20 heavy (non-hydrogen) atoms. The van der Waals surface area contributed by atoms with Crippen LogP contribution in [0.4, 0.5) is 0 Å². The molecule has 1 heterocycles. The van der Waals surface area contributed by atoms with Crippen molar-refractivity contribution >= 4 is 0 Å². The topological polar surface area (TPSA) is 30.9 Å². The maximum Gasteiger partial charge on any atom is 0.119 e. The van der Waals surface area contributed by atoms with Gasteiger partial charge < -0.3 is 19.1 Å². The second-order valence-corrected chi connectivity index (χ2v) is 5.27. The molecule has 0 unspecified atom stereocenters. The first-order valence-electron chi connectivity index (χ1n) is 7.35. The molecule has 0 saturated carbocycles. The highest BCUT2D eigenvalue weighted by atomic mass is 16.5. The van der Waals surface area contributed by atoms with Crippen LogP contribution in [-0.4, -0.2) is 51.5 Å². The smallest absolute Gasteiger partial charge is 0.119 e. The zero-order chi connectivity index (χ0) is 14.2. The summed E-state index contributed by atoms with van der Waals surface area (Å²) >= 11 is 0. The van der Waals surface area contributed by atoms with Gasteiger partial charge in [0.15, 0.2) is 0 Å². The van der Waals surface area contributed by atoms with Crippen LogP contribution in [0.15, 0.2) is 24.3 Å². The normalized spacial score (nSPS) is 19.1. The van der Waals surface area contributed by atoms with Crippen LogP contribution in [0, 0.1) is 0 Å². The van der Waals surface area contributed by atoms with Crippen molar-refractivity contribution in [2.24, 2.45) is 0 Å². The molecule has 2 rings (SSSR count). The van der Waals surface area contributed by atoms with Crippen molar-refractivity contribution in [3.05, 3.63) is 24.3 Å². The van der Waals surface area contributed by atoms with Gasteiger partial charge in [-0.1, -0.05) is 0 Å². The predicted molar refractivity (Wildman–Crippen MR) is 79.6 cm³/mol. The summed E-state index contributed by atoms with van der Waals surface area (Å²) in [5.41, 5.74) is 0. The third-order valence-electron chi connectivity index (χ3n) is 3.59. The Morgan fingerprint density at radius 1 is 1.20 bits per heavy atom. The van der Waals surface area contributed by atoms with E-state index in [2.05, 4.69) is 11.9 Å². The van der Waals surface area contributed by atoms with Gasteiger partial charge in [-0.15, -0.1) is 0 Å². The molecule has 0 aliphatic carbocycles. The quantitative estimate of drug-likeness (QED) is 0.767. The number of methoxy groups -OCH3 is 1. The summed E-state index contributed by atoms with van der Waals surface area (Å²) in [6.07, 6.45) is 4.08. The standard InChI is InChI=1S/C16H25NO3/c1-17(13-16-5-3-4-11-19-16)10-12-20-15-8-6-14(18-2)7-9-15/h6-9,16H,3-5,10-13H2,1-2H3/t16-/m0/s1. The molecular formula is C16H25NO3. The molecule has 0 bridgehead atoms. The average molecular weight is 279 g/mol. The molecule has 1 fully saturated rings. The lowest BCUT2D eigenvalue weighted by atomic mass is 10.1. The Morgan fingerprint density at radius 2 is 1.95 bits per heavy atom. The van der Waals surface area contributed by atoms with Gasteiger partial charge in [0, 0.05) is 19.7 Å². The Morgan fingerprint density at radius 3 is 2.60 bits per heavy atom. The van der Waals surface area contributed by atoms with E-state index in [9.17, 15) is 0 Å². The number of rotatable bonds is 7. The van der Waals surface area contributed by atoms with Crippen LogP contribution in [0.25, 0.3) is 0 Å². The Bertz CT molecular complexity index is 374. The minimum absolute atomic E-state index is 0.398. The van der Waals surface area contributed by atoms with Gasteiger partial charge in [0.1, 0.15) is 18.1 Å². The molecule has 1 aromatic rings. The molecule has 0 spiro atoms. The fourth-order valence-corrected chi connectivity index (χ4v) is 2.38. The molecule has 0 amide bonds. The second-order valence-electron chi connectivity index (χ2n) is 5.27. The highest BCUT2D eigenvalue weighted by Crippen LogP contribution is 2.17. The van der Waals surface area contributed by atoms with E-state index in [1.54, 1.807) is 7.11 Å². The summed E-state index contributed by atoms with van der Waals surface area (Å²) < 4.78 is 16.6. The van der Waals surface area contributed by atoms with Crippen LogP contribution < -0.4 is 9.47 Å². The van der Waals surface area contributed by atoms with Crippen molar-refractivity contribution in [2.75, 3.05) is 40.5 Å². The first kappa shape index (κ1) is 15.1. The van der Waals surface area contributed by atoms with Crippen molar-refractivity contribution in [1.82, 2.24) is 4.90 Å². The van der Waals surface area contributed by atoms with Crippen LogP contribution in [0.5, 0.6) is 11.5 Å². The first-order valence-corrected chi connectivity index (χ1v) is 7.35. The lowest BCUT2D eigenvalue weighted by Gasteiger charge is -2.27. The van der Waals surface area contributed by atoms with Gasteiger partial charge in [0.05, 0.1) is 13.2 Å². The van der Waals surface area contributed by atoms with E-state index in [-0.39, 0.29) is 0 Å². The highest BCUT2D eigenvalue weighted by molar-refractivity contribution is 5.31. The largest absolute Gasteiger partial charge is 0.497 e. The Kier molecular flexibility index (Phi) is 6.15. The zero-order valence-electron chi connectivity index (χ0n) is 12.5.